The minimum atomic E-state index is -1.10. The van der Waals surface area contributed by atoms with Crippen LogP contribution >= 0.6 is 11.3 Å². The van der Waals surface area contributed by atoms with Crippen LogP contribution < -0.4 is 5.73 Å². The maximum absolute atomic E-state index is 13.1. The van der Waals surface area contributed by atoms with Crippen LogP contribution in [0.25, 0.3) is 10.1 Å². The molecule has 5 heteroatoms. The molecule has 0 bridgehead atoms. The van der Waals surface area contributed by atoms with Crippen LogP contribution in [0.5, 0.6) is 0 Å². The second kappa shape index (κ2) is 3.84. The van der Waals surface area contributed by atoms with Gasteiger partial charge in [-0.05, 0) is 25.1 Å². The molecule has 0 amide bonds. The maximum Gasteiger partial charge on any atom is 0.325 e. The third-order valence-corrected chi connectivity index (χ3v) is 3.55. The average Bonchev–Trinajstić information content (AvgIpc) is 2.52. The topological polar surface area (TPSA) is 63.3 Å². The fourth-order valence-corrected chi connectivity index (χ4v) is 2.81. The van der Waals surface area contributed by atoms with E-state index in [1.54, 1.807) is 13.0 Å². The van der Waals surface area contributed by atoms with Gasteiger partial charge in [-0.25, -0.2) is 4.39 Å². The zero-order valence-electron chi connectivity index (χ0n) is 8.53. The van der Waals surface area contributed by atoms with Crippen LogP contribution in [0, 0.1) is 12.7 Å². The third kappa shape index (κ3) is 1.68. The number of carbonyl (C=O) groups is 1. The zero-order chi connectivity index (χ0) is 11.9. The van der Waals surface area contributed by atoms with Gasteiger partial charge >= 0.3 is 5.97 Å². The van der Waals surface area contributed by atoms with Crippen molar-refractivity contribution in [3.63, 3.8) is 0 Å². The Kier molecular flexibility index (Phi) is 2.65. The van der Waals surface area contributed by atoms with Crippen molar-refractivity contribution >= 4 is 27.4 Å². The molecule has 1 aromatic heterocycles. The molecule has 0 fully saturated rings. The number of nitrogens with two attached hydrogens (primary N) is 1. The molecule has 0 saturated carbocycles. The van der Waals surface area contributed by atoms with Gasteiger partial charge in [0.1, 0.15) is 11.9 Å². The Balaban J connectivity index is 2.72. The predicted molar refractivity (Wildman–Crippen MR) is 61.1 cm³/mol. The van der Waals surface area contributed by atoms with Gasteiger partial charge in [0.25, 0.3) is 0 Å². The molecule has 3 N–H and O–H groups in total. The van der Waals surface area contributed by atoms with Crippen molar-refractivity contribution in [2.45, 2.75) is 13.0 Å². The van der Waals surface area contributed by atoms with E-state index in [9.17, 15) is 9.18 Å². The van der Waals surface area contributed by atoms with Crippen LogP contribution in [0.15, 0.2) is 18.2 Å². The highest BCUT2D eigenvalue weighted by atomic mass is 32.1. The Morgan fingerprint density at radius 3 is 2.88 bits per heavy atom. The van der Waals surface area contributed by atoms with E-state index in [4.69, 9.17) is 10.8 Å². The van der Waals surface area contributed by atoms with Gasteiger partial charge in [-0.15, -0.1) is 11.3 Å². The number of rotatable bonds is 2. The minimum absolute atomic E-state index is 0.385. The summed E-state index contributed by atoms with van der Waals surface area (Å²) in [6.45, 7) is 1.79. The minimum Gasteiger partial charge on any atom is -0.480 e. The van der Waals surface area contributed by atoms with Crippen LogP contribution in [0.2, 0.25) is 0 Å². The number of benzene rings is 1. The van der Waals surface area contributed by atoms with Crippen LogP contribution in [0.1, 0.15) is 16.5 Å². The average molecular weight is 239 g/mol. The van der Waals surface area contributed by atoms with Crippen molar-refractivity contribution in [2.24, 2.45) is 5.73 Å². The number of carboxylic acids is 1. The Labute approximate surface area is 95.3 Å². The first-order chi connectivity index (χ1) is 7.50. The molecule has 1 aromatic carbocycles. The summed E-state index contributed by atoms with van der Waals surface area (Å²) < 4.78 is 14.0. The van der Waals surface area contributed by atoms with Gasteiger partial charge in [-0.1, -0.05) is 0 Å². The number of hydrogen-bond donors (Lipinski definition) is 2. The largest absolute Gasteiger partial charge is 0.480 e. The van der Waals surface area contributed by atoms with Crippen molar-refractivity contribution in [2.75, 3.05) is 0 Å². The number of hydrogen-bond acceptors (Lipinski definition) is 3. The van der Waals surface area contributed by atoms with E-state index in [0.717, 1.165) is 9.58 Å². The molecule has 0 radical (unpaired) electrons. The predicted octanol–water partition coefficient (Wildman–Crippen LogP) is 2.43. The fraction of sp³-hybridized carbons (Fsp3) is 0.182. The van der Waals surface area contributed by atoms with E-state index in [1.807, 2.05) is 0 Å². The third-order valence-electron chi connectivity index (χ3n) is 2.45. The summed E-state index contributed by atoms with van der Waals surface area (Å²) in [4.78, 5) is 11.7. The van der Waals surface area contributed by atoms with Crippen molar-refractivity contribution < 1.29 is 14.3 Å². The van der Waals surface area contributed by atoms with Gasteiger partial charge in [-0.3, -0.25) is 4.79 Å². The monoisotopic (exact) mass is 239 g/mol. The van der Waals surface area contributed by atoms with Gasteiger partial charge in [0.15, 0.2) is 0 Å². The lowest BCUT2D eigenvalue weighted by molar-refractivity contribution is -0.138. The standard InChI is InChI=1S/C11H10FNO2S/c1-5-9(10(13)11(14)15)7-4-6(12)2-3-8(7)16-5/h2-4,10H,13H2,1H3,(H,14,15). The summed E-state index contributed by atoms with van der Waals surface area (Å²) in [6, 6.07) is 3.22. The fourth-order valence-electron chi connectivity index (χ4n) is 1.72. The SMILES string of the molecule is Cc1sc2ccc(F)cc2c1C(N)C(=O)O. The Morgan fingerprint density at radius 2 is 2.25 bits per heavy atom. The zero-order valence-corrected chi connectivity index (χ0v) is 9.34. The maximum atomic E-state index is 13.1. The normalized spacial score (nSPS) is 12.9. The van der Waals surface area contributed by atoms with E-state index in [0.29, 0.717) is 10.9 Å². The number of aryl methyl sites for hydroxylation is 1. The number of halogens is 1. The summed E-state index contributed by atoms with van der Waals surface area (Å²) in [5.74, 6) is -1.49. The van der Waals surface area contributed by atoms with Crippen molar-refractivity contribution in [3.8, 4) is 0 Å². The molecule has 3 nitrogen and oxygen atoms in total. The van der Waals surface area contributed by atoms with E-state index in [2.05, 4.69) is 0 Å². The Morgan fingerprint density at radius 1 is 1.56 bits per heavy atom. The van der Waals surface area contributed by atoms with Crippen LogP contribution in [-0.2, 0) is 4.79 Å². The number of fused-ring (bicyclic) bond motifs is 1. The number of aliphatic carboxylic acids is 1. The molecule has 0 spiro atoms. The first-order valence-electron chi connectivity index (χ1n) is 4.67. The molecule has 1 unspecified atom stereocenters. The molecule has 0 aliphatic heterocycles. The highest BCUT2D eigenvalue weighted by Gasteiger charge is 2.21. The van der Waals surface area contributed by atoms with Crippen LogP contribution in [-0.4, -0.2) is 11.1 Å². The second-order valence-corrected chi connectivity index (χ2v) is 4.78. The van der Waals surface area contributed by atoms with Crippen molar-refractivity contribution in [3.05, 3.63) is 34.5 Å². The molecular formula is C11H10FNO2S. The van der Waals surface area contributed by atoms with Gasteiger partial charge in [0, 0.05) is 20.5 Å². The molecule has 1 heterocycles. The Hall–Kier alpha value is -1.46. The molecule has 2 rings (SSSR count). The summed E-state index contributed by atoms with van der Waals surface area (Å²) in [7, 11) is 0. The highest BCUT2D eigenvalue weighted by molar-refractivity contribution is 7.19. The first-order valence-corrected chi connectivity index (χ1v) is 5.49. The summed E-state index contributed by atoms with van der Waals surface area (Å²) in [5.41, 5.74) is 6.09. The van der Waals surface area contributed by atoms with Crippen LogP contribution in [0.4, 0.5) is 4.39 Å². The molecule has 2 aromatic rings. The van der Waals surface area contributed by atoms with E-state index >= 15 is 0 Å². The quantitative estimate of drug-likeness (QED) is 0.846. The summed E-state index contributed by atoms with van der Waals surface area (Å²) in [5, 5.41) is 9.49. The van der Waals surface area contributed by atoms with Gasteiger partial charge in [-0.2, -0.15) is 0 Å². The lowest BCUT2D eigenvalue weighted by atomic mass is 10.0. The Bertz CT molecular complexity index is 564. The highest BCUT2D eigenvalue weighted by Crippen LogP contribution is 2.34. The molecule has 84 valence electrons. The van der Waals surface area contributed by atoms with Gasteiger partial charge < -0.3 is 10.8 Å². The van der Waals surface area contributed by atoms with Gasteiger partial charge in [0.05, 0.1) is 0 Å². The molecule has 0 aliphatic carbocycles. The molecule has 0 aliphatic rings. The van der Waals surface area contributed by atoms with E-state index in [-0.39, 0.29) is 5.82 Å². The molecule has 0 saturated heterocycles. The lowest BCUT2D eigenvalue weighted by Crippen LogP contribution is -2.20. The van der Waals surface area contributed by atoms with Crippen LogP contribution in [0.3, 0.4) is 0 Å². The lowest BCUT2D eigenvalue weighted by Gasteiger charge is -2.06. The number of carboxylic acid groups (broad SMARTS) is 1. The molecular weight excluding hydrogens is 229 g/mol. The first kappa shape index (κ1) is 11.0. The number of thiophene rings is 1. The molecule has 1 atom stereocenters. The second-order valence-electron chi connectivity index (χ2n) is 3.53. The van der Waals surface area contributed by atoms with Gasteiger partial charge in [0.2, 0.25) is 0 Å². The van der Waals surface area contributed by atoms with E-state index in [1.165, 1.54) is 23.5 Å². The van der Waals surface area contributed by atoms with Crippen molar-refractivity contribution in [1.29, 1.82) is 0 Å². The summed E-state index contributed by atoms with van der Waals surface area (Å²) >= 11 is 1.42. The smallest absolute Gasteiger partial charge is 0.325 e. The summed E-state index contributed by atoms with van der Waals surface area (Å²) in [6.07, 6.45) is 0. The molecule has 16 heavy (non-hydrogen) atoms. The van der Waals surface area contributed by atoms with Crippen molar-refractivity contribution in [1.82, 2.24) is 0 Å². The van der Waals surface area contributed by atoms with E-state index < -0.39 is 12.0 Å².